The summed E-state index contributed by atoms with van der Waals surface area (Å²) in [5, 5.41) is 0.295. The van der Waals surface area contributed by atoms with Gasteiger partial charge in [-0.2, -0.15) is 0 Å². The van der Waals surface area contributed by atoms with Crippen LogP contribution in [-0.2, 0) is 0 Å². The molecule has 0 unspecified atom stereocenters. The molecule has 2 aromatic carbocycles. The summed E-state index contributed by atoms with van der Waals surface area (Å²) in [7, 11) is 6.05. The zero-order chi connectivity index (χ0) is 20.3. The third-order valence-electron chi connectivity index (χ3n) is 4.28. The zero-order valence-electron chi connectivity index (χ0n) is 16.5. The Labute approximate surface area is 162 Å². The lowest BCUT2D eigenvalue weighted by atomic mass is 10.1. The topological polar surface area (TPSA) is 76.4 Å². The fraction of sp³-hybridized carbons (Fsp3) is 0.286. The van der Waals surface area contributed by atoms with Gasteiger partial charge in [-0.3, -0.25) is 4.79 Å². The molecule has 148 valence electrons. The van der Waals surface area contributed by atoms with Crippen molar-refractivity contribution in [1.29, 1.82) is 0 Å². The maximum absolute atomic E-state index is 13.2. The molecule has 3 rings (SSSR count). The Hall–Kier alpha value is -3.35. The van der Waals surface area contributed by atoms with E-state index in [0.29, 0.717) is 46.1 Å². The Kier molecular flexibility index (Phi) is 5.63. The minimum atomic E-state index is -0.334. The van der Waals surface area contributed by atoms with E-state index in [1.165, 1.54) is 21.3 Å². The van der Waals surface area contributed by atoms with E-state index < -0.39 is 0 Å². The second kappa shape index (κ2) is 8.12. The van der Waals surface area contributed by atoms with Gasteiger partial charge < -0.3 is 28.1 Å². The first kappa shape index (κ1) is 19.4. The van der Waals surface area contributed by atoms with Gasteiger partial charge in [0, 0.05) is 17.7 Å². The van der Waals surface area contributed by atoms with Crippen LogP contribution >= 0.6 is 0 Å². The molecule has 0 N–H and O–H groups in total. The lowest BCUT2D eigenvalue weighted by Gasteiger charge is -2.14. The van der Waals surface area contributed by atoms with Gasteiger partial charge in [0.05, 0.1) is 35.0 Å². The second-order valence-electron chi connectivity index (χ2n) is 5.80. The minimum absolute atomic E-state index is 0.0749. The molecular weight excluding hydrogens is 364 g/mol. The highest BCUT2D eigenvalue weighted by Crippen LogP contribution is 2.39. The summed E-state index contributed by atoms with van der Waals surface area (Å²) in [6, 6.07) is 8.50. The number of rotatable bonds is 7. The molecule has 0 spiro atoms. The molecule has 0 atom stereocenters. The predicted octanol–water partition coefficient (Wildman–Crippen LogP) is 3.89. The van der Waals surface area contributed by atoms with Crippen molar-refractivity contribution in [2.24, 2.45) is 0 Å². The predicted molar refractivity (Wildman–Crippen MR) is 105 cm³/mol. The fourth-order valence-corrected chi connectivity index (χ4v) is 2.98. The standard InChI is InChI=1S/C21H22O7/c1-6-27-16-10-13(23-2)11-17-18(16)19(22)21(26-5)20(28-17)12-7-8-14(24-3)15(9-12)25-4/h7-11H,6H2,1-5H3. The molecule has 28 heavy (non-hydrogen) atoms. The van der Waals surface area contributed by atoms with E-state index in [2.05, 4.69) is 0 Å². The van der Waals surface area contributed by atoms with Crippen molar-refractivity contribution in [1.82, 2.24) is 0 Å². The van der Waals surface area contributed by atoms with Crippen LogP contribution in [0.3, 0.4) is 0 Å². The summed E-state index contributed by atoms with van der Waals surface area (Å²) in [5.74, 6) is 2.31. The Bertz CT molecular complexity index is 1050. The molecule has 0 radical (unpaired) electrons. The van der Waals surface area contributed by atoms with Gasteiger partial charge in [0.15, 0.2) is 17.3 Å². The third-order valence-corrected chi connectivity index (χ3v) is 4.28. The lowest BCUT2D eigenvalue weighted by molar-refractivity contribution is 0.338. The normalized spacial score (nSPS) is 10.6. The maximum Gasteiger partial charge on any atom is 0.239 e. The van der Waals surface area contributed by atoms with Crippen molar-refractivity contribution in [3.8, 4) is 40.1 Å². The van der Waals surface area contributed by atoms with Gasteiger partial charge in [-0.25, -0.2) is 0 Å². The first-order chi connectivity index (χ1) is 13.6. The van der Waals surface area contributed by atoms with Gasteiger partial charge >= 0.3 is 0 Å². The van der Waals surface area contributed by atoms with Crippen LogP contribution in [0.15, 0.2) is 39.5 Å². The van der Waals surface area contributed by atoms with Crippen LogP contribution in [-0.4, -0.2) is 35.0 Å². The van der Waals surface area contributed by atoms with Crippen LogP contribution in [0.1, 0.15) is 6.92 Å². The average Bonchev–Trinajstić information content (AvgIpc) is 2.72. The Morgan fingerprint density at radius 3 is 2.21 bits per heavy atom. The molecule has 0 aliphatic carbocycles. The fourth-order valence-electron chi connectivity index (χ4n) is 2.98. The SMILES string of the molecule is CCOc1cc(OC)cc2oc(-c3ccc(OC)c(OC)c3)c(OC)c(=O)c12. The van der Waals surface area contributed by atoms with E-state index in [9.17, 15) is 4.79 Å². The van der Waals surface area contributed by atoms with Crippen LogP contribution in [0, 0.1) is 0 Å². The molecule has 0 fully saturated rings. The van der Waals surface area contributed by atoms with Gasteiger partial charge in [-0.15, -0.1) is 0 Å². The number of benzene rings is 2. The van der Waals surface area contributed by atoms with Crippen LogP contribution < -0.4 is 29.1 Å². The van der Waals surface area contributed by atoms with Crippen molar-refractivity contribution >= 4 is 11.0 Å². The van der Waals surface area contributed by atoms with E-state index in [-0.39, 0.29) is 16.9 Å². The molecule has 0 saturated heterocycles. The zero-order valence-corrected chi connectivity index (χ0v) is 16.5. The molecule has 1 aromatic heterocycles. The summed E-state index contributed by atoms with van der Waals surface area (Å²) >= 11 is 0. The van der Waals surface area contributed by atoms with Crippen LogP contribution in [0.5, 0.6) is 28.7 Å². The lowest BCUT2D eigenvalue weighted by Crippen LogP contribution is -2.10. The van der Waals surface area contributed by atoms with Crippen LogP contribution in [0.25, 0.3) is 22.3 Å². The van der Waals surface area contributed by atoms with Crippen molar-refractivity contribution in [3.63, 3.8) is 0 Å². The van der Waals surface area contributed by atoms with Gasteiger partial charge in [0.1, 0.15) is 22.5 Å². The molecule has 7 heteroatoms. The molecule has 1 heterocycles. The van der Waals surface area contributed by atoms with E-state index >= 15 is 0 Å². The molecular formula is C21H22O7. The first-order valence-electron chi connectivity index (χ1n) is 8.65. The van der Waals surface area contributed by atoms with Crippen molar-refractivity contribution in [3.05, 3.63) is 40.6 Å². The highest BCUT2D eigenvalue weighted by molar-refractivity contribution is 5.88. The first-order valence-corrected chi connectivity index (χ1v) is 8.65. The molecule has 0 aliphatic rings. The Balaban J connectivity index is 2.33. The number of fused-ring (bicyclic) bond motifs is 1. The molecule has 0 amide bonds. The summed E-state index contributed by atoms with van der Waals surface area (Å²) < 4.78 is 33.0. The van der Waals surface area contributed by atoms with Gasteiger partial charge in [-0.1, -0.05) is 0 Å². The summed E-state index contributed by atoms with van der Waals surface area (Å²) in [6.45, 7) is 2.23. The smallest absolute Gasteiger partial charge is 0.239 e. The highest BCUT2D eigenvalue weighted by Gasteiger charge is 2.22. The number of hydrogen-bond donors (Lipinski definition) is 0. The second-order valence-corrected chi connectivity index (χ2v) is 5.80. The summed E-state index contributed by atoms with van der Waals surface area (Å²) in [4.78, 5) is 13.2. The molecule has 3 aromatic rings. The van der Waals surface area contributed by atoms with E-state index in [4.69, 9.17) is 28.1 Å². The van der Waals surface area contributed by atoms with E-state index in [1.54, 1.807) is 37.4 Å². The maximum atomic E-state index is 13.2. The summed E-state index contributed by atoms with van der Waals surface area (Å²) in [5.41, 5.74) is 0.604. The van der Waals surface area contributed by atoms with Crippen molar-refractivity contribution in [2.45, 2.75) is 6.92 Å². The van der Waals surface area contributed by atoms with Gasteiger partial charge in [0.2, 0.25) is 11.2 Å². The quantitative estimate of drug-likeness (QED) is 0.610. The monoisotopic (exact) mass is 386 g/mol. The molecule has 0 saturated carbocycles. The van der Waals surface area contributed by atoms with Crippen LogP contribution in [0.4, 0.5) is 0 Å². The summed E-state index contributed by atoms with van der Waals surface area (Å²) in [6.07, 6.45) is 0. The van der Waals surface area contributed by atoms with E-state index in [1.807, 2.05) is 6.92 Å². The van der Waals surface area contributed by atoms with Gasteiger partial charge in [0.25, 0.3) is 0 Å². The average molecular weight is 386 g/mol. The minimum Gasteiger partial charge on any atom is -0.496 e. The van der Waals surface area contributed by atoms with Crippen LogP contribution in [0.2, 0.25) is 0 Å². The number of ether oxygens (including phenoxy) is 5. The third kappa shape index (κ3) is 3.31. The van der Waals surface area contributed by atoms with E-state index in [0.717, 1.165) is 0 Å². The Morgan fingerprint density at radius 2 is 1.61 bits per heavy atom. The number of hydrogen-bond acceptors (Lipinski definition) is 7. The van der Waals surface area contributed by atoms with Crippen molar-refractivity contribution < 1.29 is 28.1 Å². The highest BCUT2D eigenvalue weighted by atomic mass is 16.5. The Morgan fingerprint density at radius 1 is 0.857 bits per heavy atom. The van der Waals surface area contributed by atoms with Gasteiger partial charge in [-0.05, 0) is 25.1 Å². The largest absolute Gasteiger partial charge is 0.496 e. The molecule has 7 nitrogen and oxygen atoms in total. The molecule has 0 bridgehead atoms. The molecule has 0 aliphatic heterocycles. The van der Waals surface area contributed by atoms with Crippen molar-refractivity contribution in [2.75, 3.05) is 35.0 Å². The number of methoxy groups -OCH3 is 4.